The molecule has 3 N–H and O–H groups in total. The van der Waals surface area contributed by atoms with E-state index in [9.17, 15) is 4.79 Å². The molecule has 0 radical (unpaired) electrons. The van der Waals surface area contributed by atoms with Crippen LogP contribution in [-0.4, -0.2) is 15.7 Å². The lowest BCUT2D eigenvalue weighted by Crippen LogP contribution is -2.27. The average molecular weight is 280 g/mol. The molecule has 1 heterocycles. The molecule has 0 aliphatic carbocycles. The number of hydrogen-bond acceptors (Lipinski definition) is 3. The summed E-state index contributed by atoms with van der Waals surface area (Å²) in [4.78, 5) is 12.2. The standard InChI is InChI=1S/C16H16N4O/c1-20-10-13(9-18-20)15(17)16(21)19-14-7-6-11-4-2-3-5-12(11)8-14/h2-10,15H,17H2,1H3,(H,19,21). The van der Waals surface area contributed by atoms with Crippen molar-refractivity contribution in [1.82, 2.24) is 9.78 Å². The number of fused-ring (bicyclic) bond motifs is 1. The predicted octanol–water partition coefficient (Wildman–Crippen LogP) is 2.21. The van der Waals surface area contributed by atoms with Gasteiger partial charge in [0.15, 0.2) is 0 Å². The minimum Gasteiger partial charge on any atom is -0.324 e. The van der Waals surface area contributed by atoms with Crippen LogP contribution in [0.4, 0.5) is 5.69 Å². The Morgan fingerprint density at radius 2 is 2.00 bits per heavy atom. The quantitative estimate of drug-likeness (QED) is 0.772. The second-order valence-electron chi connectivity index (χ2n) is 4.98. The number of carbonyl (C=O) groups is 1. The molecule has 0 bridgehead atoms. The van der Waals surface area contributed by atoms with Gasteiger partial charge in [-0.3, -0.25) is 9.48 Å². The van der Waals surface area contributed by atoms with Crippen molar-refractivity contribution in [2.75, 3.05) is 5.32 Å². The van der Waals surface area contributed by atoms with Crippen LogP contribution in [0, 0.1) is 0 Å². The van der Waals surface area contributed by atoms with Gasteiger partial charge in [0.25, 0.3) is 0 Å². The first-order chi connectivity index (χ1) is 10.1. The summed E-state index contributed by atoms with van der Waals surface area (Å²) in [6, 6.07) is 13.0. The van der Waals surface area contributed by atoms with Crippen LogP contribution >= 0.6 is 0 Å². The highest BCUT2D eigenvalue weighted by molar-refractivity contribution is 5.97. The smallest absolute Gasteiger partial charge is 0.246 e. The van der Waals surface area contributed by atoms with Crippen LogP contribution in [0.3, 0.4) is 0 Å². The molecule has 1 atom stereocenters. The van der Waals surface area contributed by atoms with E-state index in [1.165, 1.54) is 0 Å². The zero-order valence-corrected chi connectivity index (χ0v) is 11.7. The molecule has 21 heavy (non-hydrogen) atoms. The number of rotatable bonds is 3. The summed E-state index contributed by atoms with van der Waals surface area (Å²) in [5.74, 6) is -0.252. The van der Waals surface area contributed by atoms with Crippen molar-refractivity contribution in [3.8, 4) is 0 Å². The molecule has 5 nitrogen and oxygen atoms in total. The number of nitrogens with one attached hydrogen (secondary N) is 1. The average Bonchev–Trinajstić information content (AvgIpc) is 2.93. The monoisotopic (exact) mass is 280 g/mol. The maximum Gasteiger partial charge on any atom is 0.246 e. The topological polar surface area (TPSA) is 72.9 Å². The van der Waals surface area contributed by atoms with Crippen LogP contribution in [0.15, 0.2) is 54.9 Å². The SMILES string of the molecule is Cn1cc(C(N)C(=O)Nc2ccc3ccccc3c2)cn1. The highest BCUT2D eigenvalue weighted by Crippen LogP contribution is 2.20. The second-order valence-corrected chi connectivity index (χ2v) is 4.98. The molecule has 1 aromatic heterocycles. The summed E-state index contributed by atoms with van der Waals surface area (Å²) < 4.78 is 1.62. The number of aromatic nitrogens is 2. The fourth-order valence-corrected chi connectivity index (χ4v) is 2.24. The largest absolute Gasteiger partial charge is 0.324 e. The van der Waals surface area contributed by atoms with Gasteiger partial charge in [0.1, 0.15) is 6.04 Å². The lowest BCUT2D eigenvalue weighted by molar-refractivity contribution is -0.117. The summed E-state index contributed by atoms with van der Waals surface area (Å²) in [6.45, 7) is 0. The molecule has 0 spiro atoms. The lowest BCUT2D eigenvalue weighted by Gasteiger charge is -2.11. The summed E-state index contributed by atoms with van der Waals surface area (Å²) in [6.07, 6.45) is 3.34. The molecule has 0 saturated heterocycles. The van der Waals surface area contributed by atoms with Crippen LogP contribution in [0.25, 0.3) is 10.8 Å². The molecular weight excluding hydrogens is 264 g/mol. The number of hydrogen-bond donors (Lipinski definition) is 2. The van der Waals surface area contributed by atoms with E-state index in [4.69, 9.17) is 5.73 Å². The zero-order valence-electron chi connectivity index (χ0n) is 11.7. The number of nitrogens with two attached hydrogens (primary N) is 1. The van der Waals surface area contributed by atoms with Gasteiger partial charge in [-0.1, -0.05) is 30.3 Å². The van der Waals surface area contributed by atoms with Crippen molar-refractivity contribution in [2.45, 2.75) is 6.04 Å². The van der Waals surface area contributed by atoms with Crippen molar-refractivity contribution in [1.29, 1.82) is 0 Å². The Kier molecular flexibility index (Phi) is 3.41. The van der Waals surface area contributed by atoms with Gasteiger partial charge < -0.3 is 11.1 Å². The number of benzene rings is 2. The van der Waals surface area contributed by atoms with Crippen molar-refractivity contribution in [2.24, 2.45) is 12.8 Å². The van der Waals surface area contributed by atoms with Crippen molar-refractivity contribution < 1.29 is 4.79 Å². The van der Waals surface area contributed by atoms with E-state index in [0.717, 1.165) is 16.5 Å². The third-order valence-electron chi connectivity index (χ3n) is 3.38. The van der Waals surface area contributed by atoms with Gasteiger partial charge in [0.05, 0.1) is 6.20 Å². The molecule has 0 saturated carbocycles. The summed E-state index contributed by atoms with van der Waals surface area (Å²) in [7, 11) is 1.79. The van der Waals surface area contributed by atoms with Crippen LogP contribution in [-0.2, 0) is 11.8 Å². The first-order valence-electron chi connectivity index (χ1n) is 6.67. The van der Waals surface area contributed by atoms with E-state index in [-0.39, 0.29) is 5.91 Å². The van der Waals surface area contributed by atoms with Crippen molar-refractivity contribution in [3.63, 3.8) is 0 Å². The third kappa shape index (κ3) is 2.78. The van der Waals surface area contributed by atoms with Crippen molar-refractivity contribution in [3.05, 3.63) is 60.4 Å². The van der Waals surface area contributed by atoms with Gasteiger partial charge in [-0.05, 0) is 22.9 Å². The fraction of sp³-hybridized carbons (Fsp3) is 0.125. The van der Waals surface area contributed by atoms with E-state index >= 15 is 0 Å². The Balaban J connectivity index is 1.79. The van der Waals surface area contributed by atoms with Crippen LogP contribution in [0.1, 0.15) is 11.6 Å². The Labute approximate surface area is 122 Å². The normalized spacial score (nSPS) is 12.3. The summed E-state index contributed by atoms with van der Waals surface area (Å²) in [5.41, 5.74) is 7.37. The van der Waals surface area contributed by atoms with E-state index in [2.05, 4.69) is 10.4 Å². The number of anilines is 1. The molecule has 106 valence electrons. The molecule has 0 aliphatic heterocycles. The van der Waals surface area contributed by atoms with E-state index in [1.54, 1.807) is 24.1 Å². The molecule has 1 amide bonds. The van der Waals surface area contributed by atoms with Gasteiger partial charge in [-0.15, -0.1) is 0 Å². The Morgan fingerprint density at radius 1 is 1.24 bits per heavy atom. The third-order valence-corrected chi connectivity index (χ3v) is 3.38. The van der Waals surface area contributed by atoms with Gasteiger partial charge in [-0.25, -0.2) is 0 Å². The van der Waals surface area contributed by atoms with E-state index < -0.39 is 6.04 Å². The van der Waals surface area contributed by atoms with Gasteiger partial charge in [-0.2, -0.15) is 5.10 Å². The first-order valence-corrected chi connectivity index (χ1v) is 6.67. The molecule has 3 aromatic rings. The van der Waals surface area contributed by atoms with Gasteiger partial charge in [0.2, 0.25) is 5.91 Å². The molecule has 0 aliphatic rings. The molecule has 0 fully saturated rings. The molecule has 3 rings (SSSR count). The lowest BCUT2D eigenvalue weighted by atomic mass is 10.1. The zero-order chi connectivity index (χ0) is 14.8. The minimum absolute atomic E-state index is 0.252. The van der Waals surface area contributed by atoms with Gasteiger partial charge in [0, 0.05) is 24.5 Å². The van der Waals surface area contributed by atoms with Crippen LogP contribution < -0.4 is 11.1 Å². The second kappa shape index (κ2) is 5.38. The number of aryl methyl sites for hydroxylation is 1. The fourth-order valence-electron chi connectivity index (χ4n) is 2.24. The van der Waals surface area contributed by atoms with Gasteiger partial charge >= 0.3 is 0 Å². The van der Waals surface area contributed by atoms with Crippen molar-refractivity contribution >= 4 is 22.4 Å². The highest BCUT2D eigenvalue weighted by atomic mass is 16.2. The molecule has 1 unspecified atom stereocenters. The van der Waals surface area contributed by atoms with Crippen LogP contribution in [0.2, 0.25) is 0 Å². The molecular formula is C16H16N4O. The Hall–Kier alpha value is -2.66. The number of amides is 1. The van der Waals surface area contributed by atoms with E-state index in [0.29, 0.717) is 5.56 Å². The number of nitrogens with zero attached hydrogens (tertiary/aromatic N) is 2. The van der Waals surface area contributed by atoms with Crippen LogP contribution in [0.5, 0.6) is 0 Å². The number of carbonyl (C=O) groups excluding carboxylic acids is 1. The molecule has 2 aromatic carbocycles. The maximum atomic E-state index is 12.2. The first kappa shape index (κ1) is 13.3. The maximum absolute atomic E-state index is 12.2. The predicted molar refractivity (Wildman–Crippen MR) is 82.7 cm³/mol. The van der Waals surface area contributed by atoms with E-state index in [1.807, 2.05) is 42.5 Å². The summed E-state index contributed by atoms with van der Waals surface area (Å²) >= 11 is 0. The Bertz CT molecular complexity index is 794. The Morgan fingerprint density at radius 3 is 2.71 bits per heavy atom. The summed E-state index contributed by atoms with van der Waals surface area (Å²) in [5, 5.41) is 9.07. The minimum atomic E-state index is -0.731. The molecule has 5 heteroatoms. The highest BCUT2D eigenvalue weighted by Gasteiger charge is 2.17.